The Morgan fingerprint density at radius 3 is 2.68 bits per heavy atom. The van der Waals surface area contributed by atoms with Crippen LogP contribution in [0.25, 0.3) is 22.4 Å². The molecule has 0 radical (unpaired) electrons. The molecule has 0 unspecified atom stereocenters. The predicted molar refractivity (Wildman–Crippen MR) is 88.6 cm³/mol. The van der Waals surface area contributed by atoms with Crippen LogP contribution in [0.2, 0.25) is 0 Å². The third-order valence-electron chi connectivity index (χ3n) is 4.61. The Morgan fingerprint density at radius 2 is 1.82 bits per heavy atom. The number of aryl methyl sites for hydroxylation is 3. The molecule has 1 aliphatic rings. The highest BCUT2D eigenvalue weighted by molar-refractivity contribution is 5.78. The second kappa shape index (κ2) is 4.77. The van der Waals surface area contributed by atoms with Crippen molar-refractivity contribution in [1.82, 2.24) is 4.98 Å². The van der Waals surface area contributed by atoms with Crippen LogP contribution in [0.1, 0.15) is 22.3 Å². The van der Waals surface area contributed by atoms with Gasteiger partial charge >= 0.3 is 0 Å². The summed E-state index contributed by atoms with van der Waals surface area (Å²) >= 11 is 0. The maximum absolute atomic E-state index is 4.30. The summed E-state index contributed by atoms with van der Waals surface area (Å²) in [5.74, 6) is 0. The molecule has 0 fully saturated rings. The lowest BCUT2D eigenvalue weighted by atomic mass is 9.99. The SMILES string of the molecule is Cc1ccc(C)c(-c2cc3c(c[n+]2C)Cc2ccncc2-3)c1. The monoisotopic (exact) mass is 287 g/mol. The van der Waals surface area contributed by atoms with E-state index < -0.39 is 0 Å². The van der Waals surface area contributed by atoms with E-state index in [4.69, 9.17) is 0 Å². The third kappa shape index (κ3) is 1.95. The van der Waals surface area contributed by atoms with Crippen LogP contribution >= 0.6 is 0 Å². The molecule has 0 amide bonds. The average Bonchev–Trinajstić information content (AvgIpc) is 2.86. The van der Waals surface area contributed by atoms with E-state index in [0.717, 1.165) is 6.42 Å². The average molecular weight is 287 g/mol. The number of aromatic nitrogens is 2. The first-order chi connectivity index (χ1) is 10.6. The molecule has 0 saturated heterocycles. The van der Waals surface area contributed by atoms with Gasteiger partial charge in [-0.1, -0.05) is 17.7 Å². The van der Waals surface area contributed by atoms with Crippen molar-refractivity contribution in [1.29, 1.82) is 0 Å². The normalized spacial score (nSPS) is 12.1. The van der Waals surface area contributed by atoms with Crippen LogP contribution in [0, 0.1) is 13.8 Å². The Kier molecular flexibility index (Phi) is 2.86. The molecule has 0 spiro atoms. The molecule has 0 atom stereocenters. The number of hydrogen-bond donors (Lipinski definition) is 0. The number of hydrogen-bond acceptors (Lipinski definition) is 1. The van der Waals surface area contributed by atoms with Crippen LogP contribution < -0.4 is 4.57 Å². The van der Waals surface area contributed by atoms with E-state index in [1.807, 2.05) is 12.4 Å². The number of nitrogens with zero attached hydrogens (tertiary/aromatic N) is 2. The molecule has 0 saturated carbocycles. The van der Waals surface area contributed by atoms with Gasteiger partial charge in [-0.2, -0.15) is 0 Å². The van der Waals surface area contributed by atoms with Crippen molar-refractivity contribution in [3.63, 3.8) is 0 Å². The van der Waals surface area contributed by atoms with Gasteiger partial charge in [0.2, 0.25) is 5.69 Å². The second-order valence-electron chi connectivity index (χ2n) is 6.24. The molecule has 2 heteroatoms. The smallest absolute Gasteiger partial charge is 0.213 e. The first-order valence-electron chi connectivity index (χ1n) is 7.67. The van der Waals surface area contributed by atoms with Crippen LogP contribution in [-0.4, -0.2) is 4.98 Å². The van der Waals surface area contributed by atoms with Gasteiger partial charge in [-0.25, -0.2) is 4.57 Å². The highest BCUT2D eigenvalue weighted by atomic mass is 14.9. The number of benzene rings is 1. The Bertz CT molecular complexity index is 894. The fourth-order valence-electron chi connectivity index (χ4n) is 3.40. The van der Waals surface area contributed by atoms with Crippen molar-refractivity contribution in [2.45, 2.75) is 20.3 Å². The third-order valence-corrected chi connectivity index (χ3v) is 4.61. The zero-order valence-corrected chi connectivity index (χ0v) is 13.2. The topological polar surface area (TPSA) is 16.8 Å². The minimum absolute atomic E-state index is 1.01. The standard InChI is InChI=1S/C20H19N2/c1-13-4-5-14(2)17(8-13)20-10-18-16(12-22(20)3)9-15-6-7-21-11-19(15)18/h4-8,10-12H,9H2,1-3H3/q+1. The van der Waals surface area contributed by atoms with E-state index in [2.05, 4.69) is 67.0 Å². The molecule has 3 aromatic rings. The second-order valence-corrected chi connectivity index (χ2v) is 6.24. The maximum atomic E-state index is 4.30. The van der Waals surface area contributed by atoms with Gasteiger partial charge in [-0.3, -0.25) is 4.98 Å². The molecule has 0 aliphatic heterocycles. The Hall–Kier alpha value is -2.48. The zero-order valence-electron chi connectivity index (χ0n) is 13.2. The van der Waals surface area contributed by atoms with Gasteiger partial charge in [0, 0.05) is 41.6 Å². The van der Waals surface area contributed by atoms with E-state index in [-0.39, 0.29) is 0 Å². The molecule has 1 aliphatic carbocycles. The van der Waals surface area contributed by atoms with Crippen LogP contribution in [0.5, 0.6) is 0 Å². The summed E-state index contributed by atoms with van der Waals surface area (Å²) in [7, 11) is 2.14. The van der Waals surface area contributed by atoms with Gasteiger partial charge in [0.05, 0.1) is 0 Å². The highest BCUT2D eigenvalue weighted by Crippen LogP contribution is 2.37. The Balaban J connectivity index is 1.96. The number of rotatable bonds is 1. The quantitative estimate of drug-likeness (QED) is 0.487. The van der Waals surface area contributed by atoms with Crippen LogP contribution in [0.4, 0.5) is 0 Å². The zero-order chi connectivity index (χ0) is 15.3. The van der Waals surface area contributed by atoms with Crippen LogP contribution in [0.15, 0.2) is 48.9 Å². The summed E-state index contributed by atoms with van der Waals surface area (Å²) in [5, 5.41) is 0. The first kappa shape index (κ1) is 13.2. The van der Waals surface area contributed by atoms with Crippen molar-refractivity contribution in [2.24, 2.45) is 7.05 Å². The summed E-state index contributed by atoms with van der Waals surface area (Å²) in [6.45, 7) is 4.33. The molecule has 22 heavy (non-hydrogen) atoms. The molecule has 108 valence electrons. The lowest BCUT2D eigenvalue weighted by molar-refractivity contribution is -0.660. The van der Waals surface area contributed by atoms with Crippen LogP contribution in [-0.2, 0) is 13.5 Å². The number of fused-ring (bicyclic) bond motifs is 3. The molecule has 2 aromatic heterocycles. The number of pyridine rings is 2. The predicted octanol–water partition coefficient (Wildman–Crippen LogP) is 3.76. The van der Waals surface area contributed by atoms with Gasteiger partial charge in [-0.05, 0) is 42.7 Å². The van der Waals surface area contributed by atoms with E-state index in [1.54, 1.807) is 0 Å². The van der Waals surface area contributed by atoms with Crippen molar-refractivity contribution < 1.29 is 4.57 Å². The van der Waals surface area contributed by atoms with Gasteiger partial charge in [0.15, 0.2) is 6.20 Å². The maximum Gasteiger partial charge on any atom is 0.213 e. The molecule has 1 aromatic carbocycles. The molecule has 0 bridgehead atoms. The fourth-order valence-corrected chi connectivity index (χ4v) is 3.40. The summed E-state index contributed by atoms with van der Waals surface area (Å²) in [4.78, 5) is 4.30. The lowest BCUT2D eigenvalue weighted by Crippen LogP contribution is -2.31. The fraction of sp³-hybridized carbons (Fsp3) is 0.200. The van der Waals surface area contributed by atoms with Gasteiger partial charge in [0.1, 0.15) is 7.05 Å². The minimum Gasteiger partial charge on any atom is -0.264 e. The van der Waals surface area contributed by atoms with Crippen molar-refractivity contribution in [3.8, 4) is 22.4 Å². The summed E-state index contributed by atoms with van der Waals surface area (Å²) in [6.07, 6.45) is 7.16. The van der Waals surface area contributed by atoms with Gasteiger partial charge in [0.25, 0.3) is 0 Å². The first-order valence-corrected chi connectivity index (χ1v) is 7.67. The van der Waals surface area contributed by atoms with E-state index in [1.165, 1.54) is 44.6 Å². The van der Waals surface area contributed by atoms with Crippen LogP contribution in [0.3, 0.4) is 0 Å². The molecular weight excluding hydrogens is 268 g/mol. The molecule has 4 rings (SSSR count). The highest BCUT2D eigenvalue weighted by Gasteiger charge is 2.24. The molecular formula is C20H19N2+. The summed E-state index contributed by atoms with van der Waals surface area (Å²) in [6, 6.07) is 11.1. The molecule has 2 nitrogen and oxygen atoms in total. The lowest BCUT2D eigenvalue weighted by Gasteiger charge is -2.08. The summed E-state index contributed by atoms with van der Waals surface area (Å²) < 4.78 is 2.25. The van der Waals surface area contributed by atoms with Crippen molar-refractivity contribution in [3.05, 3.63) is 71.2 Å². The van der Waals surface area contributed by atoms with Gasteiger partial charge in [-0.15, -0.1) is 0 Å². The van der Waals surface area contributed by atoms with Crippen molar-refractivity contribution in [2.75, 3.05) is 0 Å². The van der Waals surface area contributed by atoms with Crippen molar-refractivity contribution >= 4 is 0 Å². The Morgan fingerprint density at radius 1 is 0.955 bits per heavy atom. The minimum atomic E-state index is 1.01. The van der Waals surface area contributed by atoms with E-state index in [9.17, 15) is 0 Å². The largest absolute Gasteiger partial charge is 0.264 e. The molecule has 0 N–H and O–H groups in total. The Labute approximate surface area is 131 Å². The molecule has 2 heterocycles. The van der Waals surface area contributed by atoms with Gasteiger partial charge < -0.3 is 0 Å². The van der Waals surface area contributed by atoms with E-state index in [0.29, 0.717) is 0 Å². The van der Waals surface area contributed by atoms with E-state index >= 15 is 0 Å². The summed E-state index contributed by atoms with van der Waals surface area (Å²) in [5.41, 5.74) is 10.6.